The second-order valence-corrected chi connectivity index (χ2v) is 3.41. The van der Waals surface area contributed by atoms with Crippen molar-refractivity contribution in [3.63, 3.8) is 0 Å². The molecule has 0 bridgehead atoms. The fourth-order valence-electron chi connectivity index (χ4n) is 1.58. The van der Waals surface area contributed by atoms with E-state index in [0.717, 1.165) is 5.69 Å². The molecule has 0 radical (unpaired) electrons. The summed E-state index contributed by atoms with van der Waals surface area (Å²) in [6, 6.07) is 9.39. The minimum absolute atomic E-state index is 0.0629. The van der Waals surface area contributed by atoms with Crippen LogP contribution in [0, 0.1) is 0 Å². The molecular weight excluding hydrogens is 192 g/mol. The van der Waals surface area contributed by atoms with Gasteiger partial charge in [-0.3, -0.25) is 9.59 Å². The first-order valence-corrected chi connectivity index (χ1v) is 4.89. The van der Waals surface area contributed by atoms with E-state index in [0.29, 0.717) is 13.0 Å². The van der Waals surface area contributed by atoms with E-state index < -0.39 is 0 Å². The number of carbonyl (C=O) groups excluding carboxylic acids is 2. The van der Waals surface area contributed by atoms with Crippen molar-refractivity contribution in [1.29, 1.82) is 0 Å². The number of para-hydroxylation sites is 1. The van der Waals surface area contributed by atoms with Crippen LogP contribution in [0.4, 0.5) is 5.69 Å². The van der Waals surface area contributed by atoms with Crippen LogP contribution in [0.2, 0.25) is 0 Å². The molecule has 0 unspecified atom stereocenters. The summed E-state index contributed by atoms with van der Waals surface area (Å²) in [5.41, 5.74) is 0.846. The second kappa shape index (κ2) is 4.13. The van der Waals surface area contributed by atoms with Gasteiger partial charge in [0.05, 0.1) is 6.54 Å². The van der Waals surface area contributed by atoms with Gasteiger partial charge in [-0.1, -0.05) is 18.2 Å². The lowest BCUT2D eigenvalue weighted by Crippen LogP contribution is -2.35. The summed E-state index contributed by atoms with van der Waals surface area (Å²) < 4.78 is 0. The lowest BCUT2D eigenvalue weighted by atomic mass is 10.2. The highest BCUT2D eigenvalue weighted by molar-refractivity contribution is 5.98. The number of amides is 2. The Kier molecular flexibility index (Phi) is 2.67. The summed E-state index contributed by atoms with van der Waals surface area (Å²) in [4.78, 5) is 24.4. The summed E-state index contributed by atoms with van der Waals surface area (Å²) >= 11 is 0. The van der Waals surface area contributed by atoms with E-state index in [4.69, 9.17) is 0 Å². The zero-order chi connectivity index (χ0) is 10.7. The maximum Gasteiger partial charge on any atom is 0.246 e. The van der Waals surface area contributed by atoms with Crippen LogP contribution in [-0.2, 0) is 9.59 Å². The van der Waals surface area contributed by atoms with Gasteiger partial charge in [0, 0.05) is 18.7 Å². The highest BCUT2D eigenvalue weighted by Crippen LogP contribution is 2.14. The average Bonchev–Trinajstić information content (AvgIpc) is 2.43. The first kappa shape index (κ1) is 9.71. The van der Waals surface area contributed by atoms with Crippen LogP contribution in [0.25, 0.3) is 0 Å². The van der Waals surface area contributed by atoms with Crippen molar-refractivity contribution in [2.45, 2.75) is 6.42 Å². The van der Waals surface area contributed by atoms with Crippen LogP contribution in [0.1, 0.15) is 6.42 Å². The molecule has 1 aliphatic rings. The third-order valence-corrected chi connectivity index (χ3v) is 2.37. The fraction of sp³-hybridized carbons (Fsp3) is 0.273. The third-order valence-electron chi connectivity index (χ3n) is 2.37. The van der Waals surface area contributed by atoms with Gasteiger partial charge in [-0.05, 0) is 12.1 Å². The fourth-order valence-corrected chi connectivity index (χ4v) is 1.58. The molecule has 4 nitrogen and oxygen atoms in total. The van der Waals surface area contributed by atoms with Crippen molar-refractivity contribution in [2.75, 3.05) is 18.0 Å². The SMILES string of the molecule is O=C1CCN(c2ccccc2)C(=O)CN1. The van der Waals surface area contributed by atoms with Gasteiger partial charge in [-0.15, -0.1) is 0 Å². The van der Waals surface area contributed by atoms with Gasteiger partial charge >= 0.3 is 0 Å². The number of hydrogen-bond acceptors (Lipinski definition) is 2. The standard InChI is InChI=1S/C11H12N2O2/c14-10-6-7-13(11(15)8-12-10)9-4-2-1-3-5-9/h1-5H,6-8H2,(H,12,14). The molecule has 1 aromatic carbocycles. The maximum absolute atomic E-state index is 11.7. The summed E-state index contributed by atoms with van der Waals surface area (Å²) in [6.45, 7) is 0.544. The third kappa shape index (κ3) is 2.15. The van der Waals surface area contributed by atoms with Crippen molar-refractivity contribution >= 4 is 17.5 Å². The summed E-state index contributed by atoms with van der Waals surface area (Å²) in [7, 11) is 0. The number of nitrogens with one attached hydrogen (secondary N) is 1. The molecule has 2 rings (SSSR count). The van der Waals surface area contributed by atoms with E-state index in [9.17, 15) is 9.59 Å². The molecule has 0 saturated carbocycles. The van der Waals surface area contributed by atoms with Crippen LogP contribution in [-0.4, -0.2) is 24.9 Å². The van der Waals surface area contributed by atoms with Gasteiger partial charge in [-0.25, -0.2) is 0 Å². The van der Waals surface area contributed by atoms with Crippen molar-refractivity contribution < 1.29 is 9.59 Å². The van der Waals surface area contributed by atoms with E-state index in [1.807, 2.05) is 30.3 Å². The zero-order valence-electron chi connectivity index (χ0n) is 8.27. The number of benzene rings is 1. The second-order valence-electron chi connectivity index (χ2n) is 3.41. The van der Waals surface area contributed by atoms with Gasteiger partial charge < -0.3 is 10.2 Å². The van der Waals surface area contributed by atoms with Crippen LogP contribution in [0.15, 0.2) is 30.3 Å². The van der Waals surface area contributed by atoms with Gasteiger partial charge in [0.15, 0.2) is 0 Å². The quantitative estimate of drug-likeness (QED) is 0.725. The lowest BCUT2D eigenvalue weighted by molar-refractivity contribution is -0.123. The van der Waals surface area contributed by atoms with Crippen molar-refractivity contribution in [1.82, 2.24) is 5.32 Å². The minimum Gasteiger partial charge on any atom is -0.347 e. The van der Waals surface area contributed by atoms with Gasteiger partial charge in [0.25, 0.3) is 0 Å². The molecule has 0 atom stereocenters. The highest BCUT2D eigenvalue weighted by Gasteiger charge is 2.20. The van der Waals surface area contributed by atoms with E-state index in [-0.39, 0.29) is 18.4 Å². The van der Waals surface area contributed by atoms with Crippen LogP contribution in [0.5, 0.6) is 0 Å². The molecular formula is C11H12N2O2. The Labute approximate surface area is 87.9 Å². The van der Waals surface area contributed by atoms with E-state index in [2.05, 4.69) is 5.32 Å². The Hall–Kier alpha value is -1.84. The van der Waals surface area contributed by atoms with Crippen LogP contribution >= 0.6 is 0 Å². The Morgan fingerprint density at radius 2 is 1.87 bits per heavy atom. The molecule has 2 amide bonds. The minimum atomic E-state index is -0.0678. The Morgan fingerprint density at radius 1 is 1.13 bits per heavy atom. The monoisotopic (exact) mass is 204 g/mol. The van der Waals surface area contributed by atoms with Crippen molar-refractivity contribution in [3.05, 3.63) is 30.3 Å². The number of nitrogens with zero attached hydrogens (tertiary/aromatic N) is 1. The zero-order valence-corrected chi connectivity index (χ0v) is 8.27. The topological polar surface area (TPSA) is 49.4 Å². The van der Waals surface area contributed by atoms with E-state index in [1.165, 1.54) is 0 Å². The molecule has 0 spiro atoms. The number of hydrogen-bond donors (Lipinski definition) is 1. The number of rotatable bonds is 1. The molecule has 0 aliphatic carbocycles. The molecule has 1 N–H and O–H groups in total. The molecule has 1 aromatic rings. The molecule has 4 heteroatoms. The largest absolute Gasteiger partial charge is 0.347 e. The Balaban J connectivity index is 2.21. The highest BCUT2D eigenvalue weighted by atomic mass is 16.2. The smallest absolute Gasteiger partial charge is 0.246 e. The molecule has 1 fully saturated rings. The first-order valence-electron chi connectivity index (χ1n) is 4.89. The normalized spacial score (nSPS) is 17.2. The molecule has 78 valence electrons. The van der Waals surface area contributed by atoms with Gasteiger partial charge in [0.2, 0.25) is 11.8 Å². The van der Waals surface area contributed by atoms with Gasteiger partial charge in [-0.2, -0.15) is 0 Å². The molecule has 1 heterocycles. The lowest BCUT2D eigenvalue weighted by Gasteiger charge is -2.19. The Bertz CT molecular complexity index is 375. The molecule has 1 saturated heterocycles. The first-order chi connectivity index (χ1) is 7.27. The van der Waals surface area contributed by atoms with E-state index in [1.54, 1.807) is 4.90 Å². The maximum atomic E-state index is 11.7. The molecule has 1 aliphatic heterocycles. The number of anilines is 1. The summed E-state index contributed by atoms with van der Waals surface area (Å²) in [5.74, 6) is -0.131. The van der Waals surface area contributed by atoms with Crippen molar-refractivity contribution in [3.8, 4) is 0 Å². The molecule has 15 heavy (non-hydrogen) atoms. The van der Waals surface area contributed by atoms with E-state index >= 15 is 0 Å². The molecule has 0 aromatic heterocycles. The summed E-state index contributed by atoms with van der Waals surface area (Å²) in [6.07, 6.45) is 0.362. The summed E-state index contributed by atoms with van der Waals surface area (Å²) in [5, 5.41) is 2.56. The number of carbonyl (C=O) groups is 2. The van der Waals surface area contributed by atoms with Crippen molar-refractivity contribution in [2.24, 2.45) is 0 Å². The Morgan fingerprint density at radius 3 is 2.60 bits per heavy atom. The van der Waals surface area contributed by atoms with Crippen LogP contribution < -0.4 is 10.2 Å². The predicted octanol–water partition coefficient (Wildman–Crippen LogP) is 0.540. The van der Waals surface area contributed by atoms with Crippen LogP contribution in [0.3, 0.4) is 0 Å². The van der Waals surface area contributed by atoms with Gasteiger partial charge in [0.1, 0.15) is 0 Å². The predicted molar refractivity (Wildman–Crippen MR) is 56.4 cm³/mol. The average molecular weight is 204 g/mol.